The van der Waals surface area contributed by atoms with Crippen LogP contribution in [0.25, 0.3) is 11.0 Å². The summed E-state index contributed by atoms with van der Waals surface area (Å²) in [6.45, 7) is 5.62. The highest BCUT2D eigenvalue weighted by molar-refractivity contribution is 5.96. The highest BCUT2D eigenvalue weighted by Crippen LogP contribution is 2.16. The predicted molar refractivity (Wildman–Crippen MR) is 77.0 cm³/mol. The topological polar surface area (TPSA) is 97.1 Å². The second-order valence-corrected chi connectivity index (χ2v) is 5.27. The van der Waals surface area contributed by atoms with Crippen LogP contribution < -0.4 is 5.32 Å². The number of rotatable bonds is 5. The molecular formula is C14H18N4O3. The number of pyridine rings is 1. The summed E-state index contributed by atoms with van der Waals surface area (Å²) in [5.74, 6) is -1.91. The van der Waals surface area contributed by atoms with E-state index in [1.165, 1.54) is 13.1 Å². The van der Waals surface area contributed by atoms with Crippen LogP contribution in [0.15, 0.2) is 18.5 Å². The van der Waals surface area contributed by atoms with Gasteiger partial charge in [0.05, 0.1) is 17.7 Å². The third kappa shape index (κ3) is 3.18. The Morgan fingerprint density at radius 2 is 2.05 bits per heavy atom. The average Bonchev–Trinajstić information content (AvgIpc) is 2.87. The molecule has 0 saturated heterocycles. The molecule has 21 heavy (non-hydrogen) atoms. The van der Waals surface area contributed by atoms with E-state index in [1.807, 2.05) is 13.8 Å². The van der Waals surface area contributed by atoms with Crippen LogP contribution in [-0.4, -0.2) is 38.3 Å². The van der Waals surface area contributed by atoms with Gasteiger partial charge in [0.15, 0.2) is 5.65 Å². The number of amides is 1. The van der Waals surface area contributed by atoms with E-state index < -0.39 is 11.9 Å². The van der Waals surface area contributed by atoms with Gasteiger partial charge in [0, 0.05) is 24.2 Å². The quantitative estimate of drug-likeness (QED) is 0.869. The van der Waals surface area contributed by atoms with Crippen LogP contribution in [0.2, 0.25) is 0 Å². The van der Waals surface area contributed by atoms with E-state index in [-0.39, 0.29) is 18.5 Å². The monoisotopic (exact) mass is 290 g/mol. The summed E-state index contributed by atoms with van der Waals surface area (Å²) in [5.41, 5.74) is 1.11. The van der Waals surface area contributed by atoms with Crippen molar-refractivity contribution in [3.05, 3.63) is 24.0 Å². The van der Waals surface area contributed by atoms with Crippen LogP contribution in [0.5, 0.6) is 0 Å². The molecule has 1 amide bonds. The van der Waals surface area contributed by atoms with Gasteiger partial charge >= 0.3 is 5.97 Å². The molecule has 0 saturated carbocycles. The molecule has 2 N–H and O–H groups in total. The van der Waals surface area contributed by atoms with Gasteiger partial charge < -0.3 is 10.4 Å². The number of nitrogens with one attached hydrogen (secondary N) is 1. The molecular weight excluding hydrogens is 272 g/mol. The maximum atomic E-state index is 12.0. The molecule has 7 nitrogen and oxygen atoms in total. The number of nitrogens with zero attached hydrogens (tertiary/aromatic N) is 3. The normalized spacial score (nSPS) is 12.6. The Kier molecular flexibility index (Phi) is 4.21. The summed E-state index contributed by atoms with van der Waals surface area (Å²) in [5, 5.41) is 16.4. The zero-order valence-corrected chi connectivity index (χ0v) is 12.2. The zero-order valence-electron chi connectivity index (χ0n) is 12.2. The summed E-state index contributed by atoms with van der Waals surface area (Å²) >= 11 is 0. The van der Waals surface area contributed by atoms with Gasteiger partial charge in [-0.25, -0.2) is 9.67 Å². The third-order valence-electron chi connectivity index (χ3n) is 3.18. The summed E-state index contributed by atoms with van der Waals surface area (Å²) in [4.78, 5) is 27.0. The minimum Gasteiger partial charge on any atom is -0.481 e. The second-order valence-electron chi connectivity index (χ2n) is 5.27. The molecule has 0 bridgehead atoms. The van der Waals surface area contributed by atoms with Gasteiger partial charge in [-0.3, -0.25) is 9.59 Å². The van der Waals surface area contributed by atoms with Gasteiger partial charge in [0.25, 0.3) is 5.91 Å². The minimum absolute atomic E-state index is 0.0808. The molecule has 2 heterocycles. The van der Waals surface area contributed by atoms with Crippen molar-refractivity contribution in [3.8, 4) is 0 Å². The van der Waals surface area contributed by atoms with Crippen molar-refractivity contribution in [1.29, 1.82) is 0 Å². The Hall–Kier alpha value is -2.44. The van der Waals surface area contributed by atoms with E-state index in [9.17, 15) is 9.59 Å². The molecule has 0 aliphatic rings. The molecule has 0 aromatic carbocycles. The molecule has 0 aliphatic heterocycles. The fourth-order valence-corrected chi connectivity index (χ4v) is 1.88. The van der Waals surface area contributed by atoms with Crippen LogP contribution in [0.1, 0.15) is 37.2 Å². The molecule has 0 aliphatic carbocycles. The lowest BCUT2D eigenvalue weighted by molar-refractivity contribution is -0.140. The van der Waals surface area contributed by atoms with E-state index in [0.717, 1.165) is 11.0 Å². The number of carbonyl (C=O) groups is 2. The van der Waals surface area contributed by atoms with Gasteiger partial charge in [-0.1, -0.05) is 6.92 Å². The lowest BCUT2D eigenvalue weighted by atomic mass is 10.1. The first-order valence-corrected chi connectivity index (χ1v) is 6.74. The van der Waals surface area contributed by atoms with Crippen molar-refractivity contribution in [2.45, 2.75) is 26.8 Å². The number of hydrogen-bond donors (Lipinski definition) is 2. The van der Waals surface area contributed by atoms with Crippen LogP contribution in [0.3, 0.4) is 0 Å². The van der Waals surface area contributed by atoms with Crippen molar-refractivity contribution >= 4 is 22.9 Å². The molecule has 0 radical (unpaired) electrons. The number of hydrogen-bond acceptors (Lipinski definition) is 4. The Balaban J connectivity index is 2.15. The lowest BCUT2D eigenvalue weighted by Gasteiger charge is -2.09. The van der Waals surface area contributed by atoms with E-state index in [2.05, 4.69) is 15.4 Å². The molecule has 7 heteroatoms. The van der Waals surface area contributed by atoms with Crippen molar-refractivity contribution in [1.82, 2.24) is 20.1 Å². The number of carboxylic acids is 1. The fourth-order valence-electron chi connectivity index (χ4n) is 1.88. The molecule has 2 rings (SSSR count). The Morgan fingerprint density at radius 1 is 1.33 bits per heavy atom. The van der Waals surface area contributed by atoms with E-state index >= 15 is 0 Å². The smallest absolute Gasteiger partial charge is 0.308 e. The maximum Gasteiger partial charge on any atom is 0.308 e. The highest BCUT2D eigenvalue weighted by Gasteiger charge is 2.15. The maximum absolute atomic E-state index is 12.0. The second kappa shape index (κ2) is 5.90. The van der Waals surface area contributed by atoms with Gasteiger partial charge in [0.2, 0.25) is 0 Å². The van der Waals surface area contributed by atoms with Gasteiger partial charge in [-0.2, -0.15) is 5.10 Å². The first-order chi connectivity index (χ1) is 9.90. The number of carboxylic acid groups (broad SMARTS) is 1. The standard InChI is InChI=1S/C14H18N4O3/c1-8(2)18-12-10(7-17-18)4-11(6-15-12)13(19)16-5-9(3)14(20)21/h4,6-9H,5H2,1-3H3,(H,16,19)(H,20,21). The SMILES string of the molecule is CC(CNC(=O)c1cnc2c(cnn2C(C)C)c1)C(=O)O. The van der Waals surface area contributed by atoms with E-state index in [4.69, 9.17) is 5.11 Å². The summed E-state index contributed by atoms with van der Waals surface area (Å²) in [7, 11) is 0. The van der Waals surface area contributed by atoms with Gasteiger partial charge in [-0.05, 0) is 19.9 Å². The number of aromatic nitrogens is 3. The number of fused-ring (bicyclic) bond motifs is 1. The van der Waals surface area contributed by atoms with Gasteiger partial charge in [0.1, 0.15) is 0 Å². The molecule has 2 aromatic heterocycles. The highest BCUT2D eigenvalue weighted by atomic mass is 16.4. The number of aliphatic carboxylic acids is 1. The van der Waals surface area contributed by atoms with Crippen LogP contribution in [0.4, 0.5) is 0 Å². The Morgan fingerprint density at radius 3 is 2.67 bits per heavy atom. The zero-order chi connectivity index (χ0) is 15.6. The third-order valence-corrected chi connectivity index (χ3v) is 3.18. The first-order valence-electron chi connectivity index (χ1n) is 6.74. The molecule has 2 aromatic rings. The molecule has 1 unspecified atom stereocenters. The molecule has 112 valence electrons. The fraction of sp³-hybridized carbons (Fsp3) is 0.429. The largest absolute Gasteiger partial charge is 0.481 e. The van der Waals surface area contributed by atoms with Crippen LogP contribution >= 0.6 is 0 Å². The average molecular weight is 290 g/mol. The van der Waals surface area contributed by atoms with Crippen molar-refractivity contribution in [2.75, 3.05) is 6.54 Å². The van der Waals surface area contributed by atoms with E-state index in [1.54, 1.807) is 16.9 Å². The van der Waals surface area contributed by atoms with Crippen molar-refractivity contribution < 1.29 is 14.7 Å². The van der Waals surface area contributed by atoms with Crippen LogP contribution in [0, 0.1) is 5.92 Å². The first kappa shape index (κ1) is 15.0. The minimum atomic E-state index is -0.943. The van der Waals surface area contributed by atoms with Crippen molar-refractivity contribution in [3.63, 3.8) is 0 Å². The molecule has 1 atom stereocenters. The summed E-state index contributed by atoms with van der Waals surface area (Å²) in [6.07, 6.45) is 3.14. The number of carbonyl (C=O) groups excluding carboxylic acids is 1. The van der Waals surface area contributed by atoms with Crippen molar-refractivity contribution in [2.24, 2.45) is 5.92 Å². The van der Waals surface area contributed by atoms with Gasteiger partial charge in [-0.15, -0.1) is 0 Å². The Bertz CT molecular complexity index is 678. The summed E-state index contributed by atoms with van der Waals surface area (Å²) < 4.78 is 1.78. The lowest BCUT2D eigenvalue weighted by Crippen LogP contribution is -2.31. The molecule has 0 fully saturated rings. The molecule has 0 spiro atoms. The van der Waals surface area contributed by atoms with E-state index in [0.29, 0.717) is 5.56 Å². The Labute approximate surface area is 122 Å². The summed E-state index contributed by atoms with van der Waals surface area (Å²) in [6, 6.07) is 1.89. The predicted octanol–water partition coefficient (Wildman–Crippen LogP) is 1.46. The van der Waals surface area contributed by atoms with Crippen LogP contribution in [-0.2, 0) is 4.79 Å².